The van der Waals surface area contributed by atoms with Crippen molar-refractivity contribution in [3.05, 3.63) is 60.2 Å². The molecular formula is C24H36F4N8O2. The number of hydrogen-bond donors (Lipinski definition) is 3. The van der Waals surface area contributed by atoms with Gasteiger partial charge in [0.25, 0.3) is 0 Å². The number of aromatic nitrogens is 2. The largest absolute Gasteiger partial charge is 0.416 e. The molecule has 0 spiro atoms. The van der Waals surface area contributed by atoms with Crippen LogP contribution < -0.4 is 15.8 Å². The second kappa shape index (κ2) is 17.2. The molecule has 212 valence electrons. The zero-order valence-corrected chi connectivity index (χ0v) is 21.9. The van der Waals surface area contributed by atoms with Crippen molar-refractivity contribution in [2.24, 2.45) is 5.10 Å². The van der Waals surface area contributed by atoms with Crippen LogP contribution in [-0.2, 0) is 10.9 Å². The summed E-state index contributed by atoms with van der Waals surface area (Å²) in [7, 11) is 5.02. The first-order chi connectivity index (χ1) is 18.2. The second-order valence-electron chi connectivity index (χ2n) is 7.73. The summed E-state index contributed by atoms with van der Waals surface area (Å²) in [5.74, 6) is 0.0545. The molecule has 0 aliphatic carbocycles. The van der Waals surface area contributed by atoms with E-state index < -0.39 is 17.6 Å². The van der Waals surface area contributed by atoms with Gasteiger partial charge in [0.1, 0.15) is 0 Å². The molecule has 0 amide bonds. The van der Waals surface area contributed by atoms with Gasteiger partial charge in [-0.15, -0.1) is 0 Å². The predicted molar refractivity (Wildman–Crippen MR) is 140 cm³/mol. The summed E-state index contributed by atoms with van der Waals surface area (Å²) in [4.78, 5) is 11.8. The Hall–Kier alpha value is -3.33. The Balaban J connectivity index is 0.000000288. The minimum Gasteiger partial charge on any atom is -0.400 e. The molecule has 0 atom stereocenters. The molecule has 2 aromatic rings. The lowest BCUT2D eigenvalue weighted by Gasteiger charge is -2.34. The van der Waals surface area contributed by atoms with Gasteiger partial charge in [-0.05, 0) is 7.05 Å². The van der Waals surface area contributed by atoms with Gasteiger partial charge in [0.05, 0.1) is 31.5 Å². The number of ether oxygens (including phenoxy) is 1. The standard InChI is InChI=1S/C9H12FN5O.C7H5F3.C7H15N3.CH4O/c1-11-14-9-12-6-7(10)8(13-9)15-2-4-16-5-3-15;8-7(9,10)6-4-2-1-3-5-6;1-7-6-10(8-2)5-4-9(7)3;1-2/h6H,1-5H2,(H,12,13,14);1-5H;8H,1,4-6H2,2-3H3;2H,1H3. The summed E-state index contributed by atoms with van der Waals surface area (Å²) < 4.78 is 54.1. The van der Waals surface area contributed by atoms with E-state index in [1.54, 1.807) is 6.07 Å². The molecule has 1 aromatic heterocycles. The topological polar surface area (TPSA) is 101 Å². The smallest absolute Gasteiger partial charge is 0.400 e. The maximum absolute atomic E-state index is 13.5. The van der Waals surface area contributed by atoms with Crippen LogP contribution in [0.25, 0.3) is 0 Å². The summed E-state index contributed by atoms with van der Waals surface area (Å²) in [6.45, 7) is 12.7. The lowest BCUT2D eigenvalue weighted by atomic mass is 10.2. The molecule has 4 rings (SSSR count). The number of rotatable bonds is 4. The maximum atomic E-state index is 13.5. The van der Waals surface area contributed by atoms with E-state index in [2.05, 4.69) is 56.2 Å². The van der Waals surface area contributed by atoms with E-state index >= 15 is 0 Å². The van der Waals surface area contributed by atoms with Crippen molar-refractivity contribution in [1.82, 2.24) is 25.3 Å². The fourth-order valence-corrected chi connectivity index (χ4v) is 3.15. The third-order valence-corrected chi connectivity index (χ3v) is 5.25. The SMILES string of the molecule is C=C1CN(NC)CCN1C.C=NNc1ncc(F)c(N2CCOCC2)n1.CO.FC(F)(F)c1ccccc1. The average molecular weight is 545 g/mol. The number of anilines is 2. The van der Waals surface area contributed by atoms with Crippen molar-refractivity contribution in [1.29, 1.82) is 0 Å². The first kappa shape index (κ1) is 32.7. The Morgan fingerprint density at radius 1 is 1.08 bits per heavy atom. The van der Waals surface area contributed by atoms with E-state index in [1.807, 2.05) is 11.9 Å². The van der Waals surface area contributed by atoms with Gasteiger partial charge < -0.3 is 19.6 Å². The lowest BCUT2D eigenvalue weighted by molar-refractivity contribution is -0.137. The van der Waals surface area contributed by atoms with Crippen molar-refractivity contribution >= 4 is 18.5 Å². The Morgan fingerprint density at radius 2 is 1.71 bits per heavy atom. The monoisotopic (exact) mass is 544 g/mol. The molecule has 0 unspecified atom stereocenters. The predicted octanol–water partition coefficient (Wildman–Crippen LogP) is 2.68. The normalized spacial score (nSPS) is 15.6. The van der Waals surface area contributed by atoms with Crippen molar-refractivity contribution in [3.63, 3.8) is 0 Å². The highest BCUT2D eigenvalue weighted by Crippen LogP contribution is 2.28. The average Bonchev–Trinajstić information content (AvgIpc) is 2.94. The van der Waals surface area contributed by atoms with Crippen LogP contribution in [0.3, 0.4) is 0 Å². The number of hydrogen-bond acceptors (Lipinski definition) is 10. The first-order valence-electron chi connectivity index (χ1n) is 11.6. The minimum absolute atomic E-state index is 0.234. The number of nitrogens with zero attached hydrogens (tertiary/aromatic N) is 6. The number of alkyl halides is 3. The highest BCUT2D eigenvalue weighted by molar-refractivity contribution is 5.44. The van der Waals surface area contributed by atoms with E-state index in [-0.39, 0.29) is 11.8 Å². The second-order valence-corrected chi connectivity index (χ2v) is 7.73. The number of benzene rings is 1. The van der Waals surface area contributed by atoms with Crippen molar-refractivity contribution < 1.29 is 27.4 Å². The molecule has 2 fully saturated rings. The van der Waals surface area contributed by atoms with E-state index in [9.17, 15) is 17.6 Å². The molecular weight excluding hydrogens is 508 g/mol. The quantitative estimate of drug-likeness (QED) is 0.305. The molecule has 14 heteroatoms. The molecule has 1 aromatic carbocycles. The van der Waals surface area contributed by atoms with Crippen LogP contribution in [0, 0.1) is 5.82 Å². The Morgan fingerprint density at radius 3 is 2.21 bits per heavy atom. The molecule has 0 radical (unpaired) electrons. The third-order valence-electron chi connectivity index (χ3n) is 5.25. The molecule has 10 nitrogen and oxygen atoms in total. The molecule has 38 heavy (non-hydrogen) atoms. The van der Waals surface area contributed by atoms with Crippen molar-refractivity contribution in [2.45, 2.75) is 6.18 Å². The van der Waals surface area contributed by atoms with Gasteiger partial charge in [0.2, 0.25) is 5.95 Å². The number of aliphatic hydroxyl groups excluding tert-OH is 1. The van der Waals surface area contributed by atoms with Gasteiger partial charge in [-0.25, -0.2) is 19.8 Å². The van der Waals surface area contributed by atoms with E-state index in [4.69, 9.17) is 9.84 Å². The Labute approximate surface area is 220 Å². The lowest BCUT2D eigenvalue weighted by Crippen LogP contribution is -2.47. The summed E-state index contributed by atoms with van der Waals surface area (Å²) in [6, 6.07) is 6.36. The van der Waals surface area contributed by atoms with Gasteiger partial charge >= 0.3 is 6.18 Å². The fraction of sp³-hybridized carbons (Fsp3) is 0.458. The van der Waals surface area contributed by atoms with Crippen LogP contribution in [0.15, 0.2) is 53.9 Å². The summed E-state index contributed by atoms with van der Waals surface area (Å²) in [6.07, 6.45) is -3.09. The van der Waals surface area contributed by atoms with Crippen LogP contribution in [0.4, 0.5) is 29.3 Å². The summed E-state index contributed by atoms with van der Waals surface area (Å²) in [5, 5.41) is 12.6. The molecule has 3 heterocycles. The van der Waals surface area contributed by atoms with Crippen LogP contribution in [0.5, 0.6) is 0 Å². The number of likely N-dealkylation sites (N-methyl/N-ethyl adjacent to an activating group) is 1. The number of hydrazone groups is 1. The first-order valence-corrected chi connectivity index (χ1v) is 11.6. The zero-order chi connectivity index (χ0) is 28.6. The molecule has 2 aliphatic heterocycles. The number of morpholine rings is 1. The molecule has 0 bridgehead atoms. The third kappa shape index (κ3) is 11.4. The van der Waals surface area contributed by atoms with Crippen molar-refractivity contribution in [3.8, 4) is 0 Å². The number of halogens is 4. The van der Waals surface area contributed by atoms with Gasteiger partial charge in [0.15, 0.2) is 11.6 Å². The molecule has 2 saturated heterocycles. The van der Waals surface area contributed by atoms with Gasteiger partial charge in [0, 0.05) is 52.8 Å². The number of hydrazine groups is 1. The fourth-order valence-electron chi connectivity index (χ4n) is 3.15. The zero-order valence-electron chi connectivity index (χ0n) is 21.9. The van der Waals surface area contributed by atoms with Gasteiger partial charge in [-0.3, -0.25) is 5.43 Å². The minimum atomic E-state index is -4.21. The molecule has 0 saturated carbocycles. The number of nitrogens with one attached hydrogen (secondary N) is 2. The molecule has 3 N–H and O–H groups in total. The van der Waals surface area contributed by atoms with Crippen LogP contribution >= 0.6 is 0 Å². The van der Waals surface area contributed by atoms with Gasteiger partial charge in [-0.2, -0.15) is 23.3 Å². The summed E-state index contributed by atoms with van der Waals surface area (Å²) in [5.41, 5.74) is 6.16. The van der Waals surface area contributed by atoms with Crippen LogP contribution in [-0.4, -0.2) is 98.8 Å². The van der Waals surface area contributed by atoms with E-state index in [0.29, 0.717) is 26.3 Å². The van der Waals surface area contributed by atoms with E-state index in [0.717, 1.165) is 45.1 Å². The molecule has 2 aliphatic rings. The van der Waals surface area contributed by atoms with Gasteiger partial charge in [-0.1, -0.05) is 36.9 Å². The maximum Gasteiger partial charge on any atom is 0.416 e. The van der Waals surface area contributed by atoms with Crippen LogP contribution in [0.1, 0.15) is 5.56 Å². The highest BCUT2D eigenvalue weighted by atomic mass is 19.4. The van der Waals surface area contributed by atoms with E-state index in [1.165, 1.54) is 17.8 Å². The highest BCUT2D eigenvalue weighted by Gasteiger charge is 2.29. The van der Waals surface area contributed by atoms with Crippen molar-refractivity contribution in [2.75, 3.05) is 77.5 Å². The number of aliphatic hydroxyl groups is 1. The van der Waals surface area contributed by atoms with Crippen LogP contribution in [0.2, 0.25) is 0 Å². The number of piperazine rings is 1. The Kier molecular flexibility index (Phi) is 14.8. The summed E-state index contributed by atoms with van der Waals surface area (Å²) >= 11 is 0. The Bertz CT molecular complexity index is 960.